The predicted octanol–water partition coefficient (Wildman–Crippen LogP) is 4.98. The quantitative estimate of drug-likeness (QED) is 0.251. The van der Waals surface area contributed by atoms with Gasteiger partial charge >= 0.3 is 11.9 Å². The molecule has 0 saturated carbocycles. The van der Waals surface area contributed by atoms with E-state index in [4.69, 9.17) is 15.2 Å². The second kappa shape index (κ2) is 13.1. The van der Waals surface area contributed by atoms with Crippen molar-refractivity contribution < 1.29 is 23.9 Å². The number of nitrogens with two attached hydrogens (primary N) is 1. The molecule has 0 bridgehead atoms. The lowest BCUT2D eigenvalue weighted by Gasteiger charge is -2.11. The average Bonchev–Trinajstić information content (AvgIpc) is 3.52. The van der Waals surface area contributed by atoms with Gasteiger partial charge in [0.2, 0.25) is 5.91 Å². The van der Waals surface area contributed by atoms with Crippen LogP contribution in [-0.4, -0.2) is 41.8 Å². The van der Waals surface area contributed by atoms with E-state index in [0.717, 1.165) is 23.1 Å². The van der Waals surface area contributed by atoms with Gasteiger partial charge < -0.3 is 20.5 Å². The minimum atomic E-state index is -0.654. The van der Waals surface area contributed by atoms with E-state index in [9.17, 15) is 24.9 Å². The Morgan fingerprint density at radius 1 is 1.13 bits per heavy atom. The molecule has 0 radical (unpaired) electrons. The summed E-state index contributed by atoms with van der Waals surface area (Å²) in [4.78, 5) is 42.8. The fraction of sp³-hybridized carbons (Fsp3) is 0.280. The highest BCUT2D eigenvalue weighted by Crippen LogP contribution is 2.38. The largest absolute Gasteiger partial charge is 0.462 e. The smallest absolute Gasteiger partial charge is 0.348 e. The van der Waals surface area contributed by atoms with Crippen molar-refractivity contribution >= 4 is 63.1 Å². The van der Waals surface area contributed by atoms with Crippen LogP contribution in [0.25, 0.3) is 10.4 Å². The second-order valence-electron chi connectivity index (χ2n) is 7.48. The van der Waals surface area contributed by atoms with Gasteiger partial charge in [-0.05, 0) is 37.8 Å². The van der Waals surface area contributed by atoms with E-state index in [2.05, 4.69) is 16.4 Å². The number of carbonyl (C=O) groups is 3. The number of ether oxygens (including phenoxy) is 2. The van der Waals surface area contributed by atoms with Crippen molar-refractivity contribution in [3.8, 4) is 22.6 Å². The number of rotatable bonds is 10. The van der Waals surface area contributed by atoms with Gasteiger partial charge in [-0.3, -0.25) is 4.79 Å². The lowest BCUT2D eigenvalue weighted by atomic mass is 10.0. The number of pyridine rings is 1. The zero-order chi connectivity index (χ0) is 27.8. The molecule has 3 aromatic rings. The first-order valence-electron chi connectivity index (χ1n) is 11.3. The van der Waals surface area contributed by atoms with Gasteiger partial charge in [0.25, 0.3) is 0 Å². The molecule has 0 aliphatic heterocycles. The summed E-state index contributed by atoms with van der Waals surface area (Å²) in [7, 11) is 0. The molecule has 3 rings (SSSR count). The summed E-state index contributed by atoms with van der Waals surface area (Å²) < 4.78 is 10.2. The minimum Gasteiger partial charge on any atom is -0.462 e. The van der Waals surface area contributed by atoms with Crippen molar-refractivity contribution in [1.29, 1.82) is 10.5 Å². The Labute approximate surface area is 231 Å². The van der Waals surface area contributed by atoms with Gasteiger partial charge in [0.1, 0.15) is 38.4 Å². The Morgan fingerprint density at radius 2 is 1.82 bits per heavy atom. The molecule has 0 spiro atoms. The van der Waals surface area contributed by atoms with Gasteiger partial charge in [-0.15, -0.1) is 34.4 Å². The third-order valence-electron chi connectivity index (χ3n) is 5.09. The van der Waals surface area contributed by atoms with Gasteiger partial charge in [0.15, 0.2) is 0 Å². The number of aromatic nitrogens is 1. The molecule has 0 saturated heterocycles. The minimum absolute atomic E-state index is 0.000586. The van der Waals surface area contributed by atoms with Crippen LogP contribution in [0.1, 0.15) is 57.0 Å². The Bertz CT molecular complexity index is 1450. The highest BCUT2D eigenvalue weighted by molar-refractivity contribution is 7.99. The van der Waals surface area contributed by atoms with E-state index in [1.165, 1.54) is 11.3 Å². The number of thiophene rings is 2. The molecule has 3 heterocycles. The van der Waals surface area contributed by atoms with E-state index >= 15 is 0 Å². The summed E-state index contributed by atoms with van der Waals surface area (Å²) in [5, 5.41) is 24.4. The number of thioether (sulfide) groups is 1. The fourth-order valence-electron chi connectivity index (χ4n) is 3.44. The van der Waals surface area contributed by atoms with Crippen LogP contribution in [0.2, 0.25) is 0 Å². The predicted molar refractivity (Wildman–Crippen MR) is 146 cm³/mol. The maximum Gasteiger partial charge on any atom is 0.348 e. The number of nitrogens with one attached hydrogen (secondary N) is 1. The summed E-state index contributed by atoms with van der Waals surface area (Å²) in [6.07, 6.45) is -0.000586. The molecular formula is C25H23N5O5S3. The highest BCUT2D eigenvalue weighted by atomic mass is 32.2. The summed E-state index contributed by atoms with van der Waals surface area (Å²) >= 11 is 3.46. The molecule has 0 unspecified atom stereocenters. The zero-order valence-electron chi connectivity index (χ0n) is 20.7. The average molecular weight is 570 g/mol. The first kappa shape index (κ1) is 28.7. The third kappa shape index (κ3) is 6.14. The van der Waals surface area contributed by atoms with Gasteiger partial charge in [0, 0.05) is 22.6 Å². The van der Waals surface area contributed by atoms with E-state index < -0.39 is 17.8 Å². The molecule has 3 N–H and O–H groups in total. The number of hydrogen-bond donors (Lipinski definition) is 2. The lowest BCUT2D eigenvalue weighted by Crippen LogP contribution is -2.15. The maximum absolute atomic E-state index is 12.8. The van der Waals surface area contributed by atoms with Gasteiger partial charge in [-0.2, -0.15) is 10.5 Å². The molecule has 13 heteroatoms. The molecule has 0 aliphatic rings. The summed E-state index contributed by atoms with van der Waals surface area (Å²) in [5.41, 5.74) is 7.25. The van der Waals surface area contributed by atoms with Gasteiger partial charge in [0.05, 0.1) is 24.3 Å². The first-order chi connectivity index (χ1) is 18.3. The molecule has 196 valence electrons. The van der Waals surface area contributed by atoms with E-state index in [-0.39, 0.29) is 57.8 Å². The van der Waals surface area contributed by atoms with Crippen LogP contribution in [0.15, 0.2) is 22.5 Å². The molecule has 0 fully saturated rings. The monoisotopic (exact) mass is 569 g/mol. The van der Waals surface area contributed by atoms with Crippen LogP contribution in [0.4, 0.5) is 10.8 Å². The Kier molecular flexibility index (Phi) is 9.85. The fourth-order valence-corrected chi connectivity index (χ4v) is 6.26. The van der Waals surface area contributed by atoms with E-state index in [0.29, 0.717) is 21.0 Å². The van der Waals surface area contributed by atoms with Crippen molar-refractivity contribution in [1.82, 2.24) is 4.98 Å². The Hall–Kier alpha value is -3.91. The lowest BCUT2D eigenvalue weighted by molar-refractivity contribution is -0.115. The number of nitriles is 2. The topological polar surface area (TPSA) is 168 Å². The highest BCUT2D eigenvalue weighted by Gasteiger charge is 2.27. The summed E-state index contributed by atoms with van der Waals surface area (Å²) in [6, 6.07) is 7.74. The van der Waals surface area contributed by atoms with Crippen LogP contribution >= 0.6 is 34.4 Å². The maximum atomic E-state index is 12.8. The second-order valence-corrected chi connectivity index (χ2v) is 10.5. The van der Waals surface area contributed by atoms with E-state index in [1.54, 1.807) is 32.9 Å². The molecule has 0 aromatic carbocycles. The normalized spacial score (nSPS) is 10.3. The molecule has 0 aliphatic carbocycles. The van der Waals surface area contributed by atoms with Crippen molar-refractivity contribution in [3.63, 3.8) is 0 Å². The van der Waals surface area contributed by atoms with Crippen LogP contribution in [0.5, 0.6) is 0 Å². The van der Waals surface area contributed by atoms with Crippen molar-refractivity contribution in [3.05, 3.63) is 44.6 Å². The van der Waals surface area contributed by atoms with Crippen LogP contribution in [-0.2, 0) is 14.3 Å². The summed E-state index contributed by atoms with van der Waals surface area (Å²) in [6.45, 7) is 5.21. The SMILES string of the molecule is CCOC(=O)c1sc(NC(=O)CCSc2nc(N)c(C#N)c(-c3cccs3)c2C#N)c(C(=O)OCC)c1C. The molecule has 0 atom stereocenters. The van der Waals surface area contributed by atoms with Crippen LogP contribution < -0.4 is 11.1 Å². The Morgan fingerprint density at radius 3 is 2.42 bits per heavy atom. The number of hydrogen-bond acceptors (Lipinski definition) is 12. The number of nitrogen functional groups attached to an aromatic ring is 1. The molecule has 10 nitrogen and oxygen atoms in total. The van der Waals surface area contributed by atoms with Crippen LogP contribution in [0, 0.1) is 29.6 Å². The molecule has 3 aromatic heterocycles. The number of amides is 1. The van der Waals surface area contributed by atoms with Crippen molar-refractivity contribution in [2.24, 2.45) is 0 Å². The van der Waals surface area contributed by atoms with E-state index in [1.807, 2.05) is 11.4 Å². The first-order valence-corrected chi connectivity index (χ1v) is 14.0. The number of nitrogens with zero attached hydrogens (tertiary/aromatic N) is 3. The number of esters is 2. The number of carbonyl (C=O) groups excluding carboxylic acids is 3. The van der Waals surface area contributed by atoms with Crippen molar-refractivity contribution in [2.75, 3.05) is 30.0 Å². The molecule has 38 heavy (non-hydrogen) atoms. The van der Waals surface area contributed by atoms with Crippen molar-refractivity contribution in [2.45, 2.75) is 32.2 Å². The Balaban J connectivity index is 1.80. The molecule has 1 amide bonds. The standard InChI is InChI=1S/C25H23N5O5S3/c1-4-34-24(32)18-13(3)20(25(33)35-5-2)38-23(18)29-17(31)8-10-37-22-15(12-27)19(16-7-6-9-36-16)14(11-26)21(28)30-22/h6-7,9H,4-5,8,10H2,1-3H3,(H2,28,30)(H,29,31). The summed E-state index contributed by atoms with van der Waals surface area (Å²) in [5.74, 6) is -1.43. The van der Waals surface area contributed by atoms with Gasteiger partial charge in [-0.1, -0.05) is 6.07 Å². The zero-order valence-corrected chi connectivity index (χ0v) is 23.2. The van der Waals surface area contributed by atoms with Crippen LogP contribution in [0.3, 0.4) is 0 Å². The van der Waals surface area contributed by atoms with Gasteiger partial charge in [-0.25, -0.2) is 14.6 Å². The third-order valence-corrected chi connectivity index (χ3v) is 8.14. The molecular weight excluding hydrogens is 547 g/mol. The number of anilines is 2.